The van der Waals surface area contributed by atoms with Gasteiger partial charge in [-0.3, -0.25) is 0 Å². The molecule has 0 aliphatic heterocycles. The molecule has 0 aromatic carbocycles. The third-order valence-electron chi connectivity index (χ3n) is 4.89. The van der Waals surface area contributed by atoms with Crippen LogP contribution in [-0.4, -0.2) is 21.7 Å². The lowest BCUT2D eigenvalue weighted by Crippen LogP contribution is -2.36. The number of nitrogens with one attached hydrogen (secondary N) is 1. The van der Waals surface area contributed by atoms with Crippen molar-refractivity contribution in [1.29, 1.82) is 0 Å². The standard InChI is InChI=1S/C16H26N4S/c1-4-11-12(5-2)19-20-15(13(11)14(17)21)18-10-16(6-3)8-7-9-16/h4-10H2,1-3H3,(H2,17,21)(H,18,20). The Labute approximate surface area is 132 Å². The number of hydrogen-bond acceptors (Lipinski definition) is 4. The summed E-state index contributed by atoms with van der Waals surface area (Å²) in [6, 6.07) is 0. The molecular weight excluding hydrogens is 280 g/mol. The minimum atomic E-state index is 0.415. The van der Waals surface area contributed by atoms with Crippen LogP contribution in [0.15, 0.2) is 0 Å². The van der Waals surface area contributed by atoms with Crippen LogP contribution in [0, 0.1) is 5.41 Å². The molecule has 21 heavy (non-hydrogen) atoms. The van der Waals surface area contributed by atoms with E-state index in [2.05, 4.69) is 36.3 Å². The molecule has 1 aromatic rings. The van der Waals surface area contributed by atoms with Crippen molar-refractivity contribution in [1.82, 2.24) is 10.2 Å². The average molecular weight is 306 g/mol. The average Bonchev–Trinajstić information content (AvgIpc) is 2.45. The van der Waals surface area contributed by atoms with Gasteiger partial charge in [0.15, 0.2) is 5.82 Å². The molecule has 1 heterocycles. The summed E-state index contributed by atoms with van der Waals surface area (Å²) in [5.74, 6) is 0.760. The Morgan fingerprint density at radius 1 is 1.24 bits per heavy atom. The van der Waals surface area contributed by atoms with E-state index in [-0.39, 0.29) is 0 Å². The molecule has 116 valence electrons. The van der Waals surface area contributed by atoms with Crippen molar-refractivity contribution < 1.29 is 0 Å². The van der Waals surface area contributed by atoms with Crippen LogP contribution < -0.4 is 11.1 Å². The van der Waals surface area contributed by atoms with Crippen molar-refractivity contribution in [3.05, 3.63) is 16.8 Å². The number of hydrogen-bond donors (Lipinski definition) is 2. The quantitative estimate of drug-likeness (QED) is 0.757. The second kappa shape index (κ2) is 6.69. The normalized spacial score (nSPS) is 16.3. The van der Waals surface area contributed by atoms with Crippen LogP contribution in [0.1, 0.15) is 63.3 Å². The van der Waals surface area contributed by atoms with E-state index < -0.39 is 0 Å². The molecule has 0 bridgehead atoms. The van der Waals surface area contributed by atoms with E-state index >= 15 is 0 Å². The largest absolute Gasteiger partial charge is 0.389 e. The van der Waals surface area contributed by atoms with E-state index in [1.807, 2.05) is 0 Å². The van der Waals surface area contributed by atoms with Gasteiger partial charge in [0.2, 0.25) is 0 Å². The fourth-order valence-corrected chi connectivity index (χ4v) is 3.39. The number of anilines is 1. The highest BCUT2D eigenvalue weighted by atomic mass is 32.1. The lowest BCUT2D eigenvalue weighted by molar-refractivity contribution is 0.145. The number of thiocarbonyl (C=S) groups is 1. The molecule has 2 rings (SSSR count). The van der Waals surface area contributed by atoms with E-state index in [1.165, 1.54) is 25.7 Å². The van der Waals surface area contributed by atoms with Crippen molar-refractivity contribution in [2.24, 2.45) is 11.1 Å². The molecule has 1 aromatic heterocycles. The van der Waals surface area contributed by atoms with E-state index in [4.69, 9.17) is 18.0 Å². The van der Waals surface area contributed by atoms with Crippen molar-refractivity contribution >= 4 is 23.0 Å². The molecule has 1 aliphatic rings. The van der Waals surface area contributed by atoms with Gasteiger partial charge in [-0.25, -0.2) is 0 Å². The van der Waals surface area contributed by atoms with E-state index in [0.29, 0.717) is 10.4 Å². The molecule has 0 unspecified atom stereocenters. The van der Waals surface area contributed by atoms with Crippen LogP contribution in [0.5, 0.6) is 0 Å². The molecule has 0 amide bonds. The van der Waals surface area contributed by atoms with Gasteiger partial charge in [0.1, 0.15) is 4.99 Å². The van der Waals surface area contributed by atoms with Crippen LogP contribution in [0.25, 0.3) is 0 Å². The summed E-state index contributed by atoms with van der Waals surface area (Å²) in [6.07, 6.45) is 6.84. The van der Waals surface area contributed by atoms with Crippen LogP contribution >= 0.6 is 12.2 Å². The SMILES string of the molecule is CCc1nnc(NCC2(CC)CCC2)c(C(N)=S)c1CC. The maximum absolute atomic E-state index is 5.96. The Hall–Kier alpha value is -1.23. The summed E-state index contributed by atoms with van der Waals surface area (Å²) in [7, 11) is 0. The minimum absolute atomic E-state index is 0.415. The summed E-state index contributed by atoms with van der Waals surface area (Å²) in [5, 5.41) is 12.2. The van der Waals surface area contributed by atoms with Gasteiger partial charge >= 0.3 is 0 Å². The fourth-order valence-electron chi connectivity index (χ4n) is 3.17. The van der Waals surface area contributed by atoms with Crippen LogP contribution in [-0.2, 0) is 12.8 Å². The molecular formula is C16H26N4S. The third kappa shape index (κ3) is 3.18. The molecule has 0 atom stereocenters. The molecule has 1 aliphatic carbocycles. The highest BCUT2D eigenvalue weighted by molar-refractivity contribution is 7.80. The fraction of sp³-hybridized carbons (Fsp3) is 0.688. The topological polar surface area (TPSA) is 63.8 Å². The van der Waals surface area contributed by atoms with Gasteiger partial charge in [0.05, 0.1) is 11.3 Å². The lowest BCUT2D eigenvalue weighted by Gasteiger charge is -2.41. The predicted molar refractivity (Wildman–Crippen MR) is 91.7 cm³/mol. The Kier molecular flexibility index (Phi) is 5.14. The van der Waals surface area contributed by atoms with Crippen molar-refractivity contribution in [3.63, 3.8) is 0 Å². The van der Waals surface area contributed by atoms with Gasteiger partial charge in [-0.15, -0.1) is 5.10 Å². The van der Waals surface area contributed by atoms with E-state index in [9.17, 15) is 0 Å². The molecule has 1 fully saturated rings. The molecule has 0 saturated heterocycles. The molecule has 1 saturated carbocycles. The molecule has 4 nitrogen and oxygen atoms in total. The Balaban J connectivity index is 2.28. The van der Waals surface area contributed by atoms with Gasteiger partial charge in [-0.05, 0) is 43.1 Å². The first-order valence-electron chi connectivity index (χ1n) is 7.99. The van der Waals surface area contributed by atoms with E-state index in [0.717, 1.165) is 42.0 Å². The first kappa shape index (κ1) is 16.1. The zero-order valence-corrected chi connectivity index (χ0v) is 14.1. The Bertz CT molecular complexity index is 518. The highest BCUT2D eigenvalue weighted by Gasteiger charge is 2.35. The summed E-state index contributed by atoms with van der Waals surface area (Å²) in [4.78, 5) is 0.415. The minimum Gasteiger partial charge on any atom is -0.389 e. The summed E-state index contributed by atoms with van der Waals surface area (Å²) >= 11 is 5.26. The zero-order chi connectivity index (χ0) is 15.5. The third-order valence-corrected chi connectivity index (χ3v) is 5.09. The first-order valence-corrected chi connectivity index (χ1v) is 8.39. The zero-order valence-electron chi connectivity index (χ0n) is 13.3. The van der Waals surface area contributed by atoms with E-state index in [1.54, 1.807) is 0 Å². The second-order valence-corrected chi connectivity index (χ2v) is 6.42. The first-order chi connectivity index (χ1) is 10.1. The summed E-state index contributed by atoms with van der Waals surface area (Å²) < 4.78 is 0. The van der Waals surface area contributed by atoms with Crippen LogP contribution in [0.3, 0.4) is 0 Å². The molecule has 3 N–H and O–H groups in total. The second-order valence-electron chi connectivity index (χ2n) is 5.98. The van der Waals surface area contributed by atoms with Gasteiger partial charge in [-0.1, -0.05) is 39.4 Å². The number of aryl methyl sites for hydroxylation is 1. The number of nitrogens with two attached hydrogens (primary N) is 1. The molecule has 0 radical (unpaired) electrons. The van der Waals surface area contributed by atoms with Crippen molar-refractivity contribution in [2.45, 2.75) is 59.3 Å². The van der Waals surface area contributed by atoms with Gasteiger partial charge < -0.3 is 11.1 Å². The molecule has 0 spiro atoms. The number of nitrogens with zero attached hydrogens (tertiary/aromatic N) is 2. The van der Waals surface area contributed by atoms with Crippen molar-refractivity contribution in [2.75, 3.05) is 11.9 Å². The van der Waals surface area contributed by atoms with Crippen LogP contribution in [0.4, 0.5) is 5.82 Å². The molecule has 5 heteroatoms. The number of aromatic nitrogens is 2. The van der Waals surface area contributed by atoms with Crippen LogP contribution in [0.2, 0.25) is 0 Å². The summed E-state index contributed by atoms with van der Waals surface area (Å²) in [5.41, 5.74) is 9.41. The van der Waals surface area contributed by atoms with Gasteiger partial charge in [-0.2, -0.15) is 5.10 Å². The predicted octanol–water partition coefficient (Wildman–Crippen LogP) is 3.23. The number of rotatable bonds is 7. The smallest absolute Gasteiger partial charge is 0.159 e. The Morgan fingerprint density at radius 2 is 1.95 bits per heavy atom. The maximum atomic E-state index is 5.96. The lowest BCUT2D eigenvalue weighted by atomic mass is 9.67. The van der Waals surface area contributed by atoms with Gasteiger partial charge in [0.25, 0.3) is 0 Å². The highest BCUT2D eigenvalue weighted by Crippen LogP contribution is 2.43. The monoisotopic (exact) mass is 306 g/mol. The maximum Gasteiger partial charge on any atom is 0.159 e. The summed E-state index contributed by atoms with van der Waals surface area (Å²) in [6.45, 7) is 7.39. The Morgan fingerprint density at radius 3 is 2.38 bits per heavy atom. The van der Waals surface area contributed by atoms with Gasteiger partial charge in [0, 0.05) is 6.54 Å². The van der Waals surface area contributed by atoms with Crippen molar-refractivity contribution in [3.8, 4) is 0 Å².